The molecule has 0 saturated heterocycles. The summed E-state index contributed by atoms with van der Waals surface area (Å²) in [6.07, 6.45) is 0.957. The molecule has 2 nitrogen and oxygen atoms in total. The zero-order valence-corrected chi connectivity index (χ0v) is 9.90. The van der Waals surface area contributed by atoms with Crippen LogP contribution in [0.25, 0.3) is 10.8 Å². The van der Waals surface area contributed by atoms with Gasteiger partial charge in [-0.2, -0.15) is 0 Å². The summed E-state index contributed by atoms with van der Waals surface area (Å²) in [5.41, 5.74) is 7.93. The van der Waals surface area contributed by atoms with Crippen LogP contribution in [0.15, 0.2) is 30.3 Å². The molecular weight excluding hydrogens is 196 g/mol. The van der Waals surface area contributed by atoms with Crippen LogP contribution in [0, 0.1) is 12.8 Å². The molecule has 0 aliphatic rings. The highest BCUT2D eigenvalue weighted by molar-refractivity contribution is 5.84. The Hall–Kier alpha value is -1.41. The van der Waals surface area contributed by atoms with E-state index >= 15 is 0 Å². The van der Waals surface area contributed by atoms with Crippen LogP contribution in [0.5, 0.6) is 0 Å². The number of aryl methyl sites for hydroxylation is 1. The molecule has 0 spiro atoms. The molecule has 16 heavy (non-hydrogen) atoms. The molecule has 0 radical (unpaired) electrons. The van der Waals surface area contributed by atoms with Gasteiger partial charge in [-0.3, -0.25) is 4.98 Å². The molecule has 1 heterocycles. The van der Waals surface area contributed by atoms with Gasteiger partial charge in [-0.25, -0.2) is 0 Å². The Bertz CT molecular complexity index is 491. The molecule has 2 aromatic rings. The van der Waals surface area contributed by atoms with Crippen molar-refractivity contribution in [2.24, 2.45) is 11.7 Å². The summed E-state index contributed by atoms with van der Waals surface area (Å²) < 4.78 is 0. The molecule has 1 unspecified atom stereocenters. The maximum atomic E-state index is 5.67. The zero-order valence-electron chi connectivity index (χ0n) is 9.90. The number of benzene rings is 1. The van der Waals surface area contributed by atoms with Crippen molar-refractivity contribution in [3.8, 4) is 0 Å². The van der Waals surface area contributed by atoms with E-state index in [1.165, 1.54) is 16.5 Å². The third kappa shape index (κ3) is 2.22. The van der Waals surface area contributed by atoms with Gasteiger partial charge in [-0.15, -0.1) is 0 Å². The van der Waals surface area contributed by atoms with E-state index in [0.29, 0.717) is 12.5 Å². The topological polar surface area (TPSA) is 38.9 Å². The minimum atomic E-state index is 0.484. The fourth-order valence-corrected chi connectivity index (χ4v) is 1.99. The molecule has 0 fully saturated rings. The first kappa shape index (κ1) is 11.1. The fraction of sp³-hybridized carbons (Fsp3) is 0.357. The standard InChI is InChI=1S/C14H18N2/c1-10(9-15)7-14-13-6-4-3-5-12(13)8-11(2)16-14/h3-6,8,10H,7,9,15H2,1-2H3. The number of nitrogens with two attached hydrogens (primary N) is 1. The van der Waals surface area contributed by atoms with Gasteiger partial charge >= 0.3 is 0 Å². The Morgan fingerprint density at radius 3 is 2.81 bits per heavy atom. The second kappa shape index (κ2) is 4.62. The van der Waals surface area contributed by atoms with Crippen LogP contribution in [-0.4, -0.2) is 11.5 Å². The smallest absolute Gasteiger partial charge is 0.0488 e. The van der Waals surface area contributed by atoms with E-state index in [1.54, 1.807) is 0 Å². The monoisotopic (exact) mass is 214 g/mol. The van der Waals surface area contributed by atoms with Crippen molar-refractivity contribution in [2.75, 3.05) is 6.54 Å². The van der Waals surface area contributed by atoms with Gasteiger partial charge in [0, 0.05) is 16.8 Å². The van der Waals surface area contributed by atoms with Crippen molar-refractivity contribution >= 4 is 10.8 Å². The van der Waals surface area contributed by atoms with Crippen LogP contribution >= 0.6 is 0 Å². The first-order valence-electron chi connectivity index (χ1n) is 5.76. The van der Waals surface area contributed by atoms with Crippen LogP contribution in [-0.2, 0) is 6.42 Å². The van der Waals surface area contributed by atoms with E-state index in [2.05, 4.69) is 42.2 Å². The first-order valence-corrected chi connectivity index (χ1v) is 5.76. The number of hydrogen-bond acceptors (Lipinski definition) is 2. The maximum absolute atomic E-state index is 5.67. The average Bonchev–Trinajstić information content (AvgIpc) is 2.28. The molecule has 0 saturated carbocycles. The molecule has 1 atom stereocenters. The van der Waals surface area contributed by atoms with E-state index in [1.807, 2.05) is 6.92 Å². The first-order chi connectivity index (χ1) is 7.70. The molecule has 84 valence electrons. The Morgan fingerprint density at radius 2 is 2.06 bits per heavy atom. The lowest BCUT2D eigenvalue weighted by Gasteiger charge is -2.11. The number of hydrogen-bond donors (Lipinski definition) is 1. The van der Waals surface area contributed by atoms with Crippen molar-refractivity contribution in [3.63, 3.8) is 0 Å². The van der Waals surface area contributed by atoms with Gasteiger partial charge in [-0.1, -0.05) is 31.2 Å². The summed E-state index contributed by atoms with van der Waals surface area (Å²) in [6, 6.07) is 10.5. The van der Waals surface area contributed by atoms with Gasteiger partial charge in [0.1, 0.15) is 0 Å². The van der Waals surface area contributed by atoms with Crippen LogP contribution in [0.2, 0.25) is 0 Å². The number of pyridine rings is 1. The van der Waals surface area contributed by atoms with Gasteiger partial charge in [0.15, 0.2) is 0 Å². The van der Waals surface area contributed by atoms with Gasteiger partial charge < -0.3 is 5.73 Å². The lowest BCUT2D eigenvalue weighted by molar-refractivity contribution is 0.586. The van der Waals surface area contributed by atoms with Crippen LogP contribution in [0.3, 0.4) is 0 Å². The molecular formula is C14H18N2. The lowest BCUT2D eigenvalue weighted by Crippen LogP contribution is -2.14. The predicted octanol–water partition coefficient (Wildman–Crippen LogP) is 2.68. The van der Waals surface area contributed by atoms with E-state index in [4.69, 9.17) is 5.73 Å². The van der Waals surface area contributed by atoms with E-state index < -0.39 is 0 Å². The van der Waals surface area contributed by atoms with Crippen molar-refractivity contribution in [2.45, 2.75) is 20.3 Å². The number of nitrogens with zero attached hydrogens (tertiary/aromatic N) is 1. The Kier molecular flexibility index (Phi) is 3.20. The normalized spacial score (nSPS) is 12.9. The van der Waals surface area contributed by atoms with Crippen molar-refractivity contribution in [1.29, 1.82) is 0 Å². The molecule has 2 rings (SSSR count). The summed E-state index contributed by atoms with van der Waals surface area (Å²) >= 11 is 0. The zero-order chi connectivity index (χ0) is 11.5. The minimum Gasteiger partial charge on any atom is -0.330 e. The minimum absolute atomic E-state index is 0.484. The average molecular weight is 214 g/mol. The molecule has 0 amide bonds. The van der Waals surface area contributed by atoms with Gasteiger partial charge in [0.05, 0.1) is 0 Å². The summed E-state index contributed by atoms with van der Waals surface area (Å²) in [5, 5.41) is 2.53. The molecule has 0 aliphatic carbocycles. The second-order valence-corrected chi connectivity index (χ2v) is 4.48. The Morgan fingerprint density at radius 1 is 1.31 bits per heavy atom. The lowest BCUT2D eigenvalue weighted by atomic mass is 10.0. The summed E-state index contributed by atoms with van der Waals surface area (Å²) in [6.45, 7) is 4.92. The molecule has 0 bridgehead atoms. The van der Waals surface area contributed by atoms with Gasteiger partial charge in [0.25, 0.3) is 0 Å². The molecule has 0 aliphatic heterocycles. The van der Waals surface area contributed by atoms with Crippen LogP contribution in [0.4, 0.5) is 0 Å². The van der Waals surface area contributed by atoms with E-state index in [9.17, 15) is 0 Å². The molecule has 1 aromatic carbocycles. The SMILES string of the molecule is Cc1cc2ccccc2c(CC(C)CN)n1. The van der Waals surface area contributed by atoms with Crippen molar-refractivity contribution in [1.82, 2.24) is 4.98 Å². The third-order valence-electron chi connectivity index (χ3n) is 2.89. The van der Waals surface area contributed by atoms with Crippen molar-refractivity contribution in [3.05, 3.63) is 41.7 Å². The van der Waals surface area contributed by atoms with E-state index in [-0.39, 0.29) is 0 Å². The highest BCUT2D eigenvalue weighted by Gasteiger charge is 2.07. The Labute approximate surface area is 96.5 Å². The summed E-state index contributed by atoms with van der Waals surface area (Å²) in [5.74, 6) is 0.484. The number of aromatic nitrogens is 1. The molecule has 2 heteroatoms. The predicted molar refractivity (Wildman–Crippen MR) is 68.4 cm³/mol. The molecule has 1 aromatic heterocycles. The third-order valence-corrected chi connectivity index (χ3v) is 2.89. The van der Waals surface area contributed by atoms with Crippen LogP contribution in [0.1, 0.15) is 18.3 Å². The summed E-state index contributed by atoms with van der Waals surface area (Å²) in [7, 11) is 0. The van der Waals surface area contributed by atoms with Crippen LogP contribution < -0.4 is 5.73 Å². The van der Waals surface area contributed by atoms with Gasteiger partial charge in [-0.05, 0) is 37.3 Å². The highest BCUT2D eigenvalue weighted by Crippen LogP contribution is 2.20. The number of fused-ring (bicyclic) bond motifs is 1. The van der Waals surface area contributed by atoms with Crippen molar-refractivity contribution < 1.29 is 0 Å². The molecule has 2 N–H and O–H groups in total. The maximum Gasteiger partial charge on any atom is 0.0488 e. The highest BCUT2D eigenvalue weighted by atomic mass is 14.7. The number of rotatable bonds is 3. The summed E-state index contributed by atoms with van der Waals surface area (Å²) in [4.78, 5) is 4.63. The quantitative estimate of drug-likeness (QED) is 0.853. The van der Waals surface area contributed by atoms with E-state index in [0.717, 1.165) is 12.1 Å². The fourth-order valence-electron chi connectivity index (χ4n) is 1.99. The second-order valence-electron chi connectivity index (χ2n) is 4.48. The largest absolute Gasteiger partial charge is 0.330 e. The van der Waals surface area contributed by atoms with Gasteiger partial charge in [0.2, 0.25) is 0 Å². The Balaban J connectivity index is 2.50.